The number of rotatable bonds is 5. The van der Waals surface area contributed by atoms with Crippen LogP contribution in [0.3, 0.4) is 0 Å². The average molecular weight is 313 g/mol. The Hall–Kier alpha value is -0.580. The van der Waals surface area contributed by atoms with Crippen LogP contribution in [0.5, 0.6) is 0 Å². The molecule has 1 unspecified atom stereocenters. The van der Waals surface area contributed by atoms with Crippen LogP contribution in [0.15, 0.2) is 22.7 Å². The van der Waals surface area contributed by atoms with E-state index >= 15 is 0 Å². The molecule has 1 heterocycles. The smallest absolute Gasteiger partial charge is 0.0635 e. The molecule has 0 spiro atoms. The molecule has 0 aromatic heterocycles. The van der Waals surface area contributed by atoms with Crippen LogP contribution in [-0.2, 0) is 6.54 Å². The summed E-state index contributed by atoms with van der Waals surface area (Å²) in [5.41, 5.74) is 2.56. The zero-order valence-electron chi connectivity index (χ0n) is 10.8. The fourth-order valence-corrected chi connectivity index (χ4v) is 2.99. The van der Waals surface area contributed by atoms with E-state index in [1.807, 2.05) is 0 Å². The molecule has 0 bridgehead atoms. The van der Waals surface area contributed by atoms with Crippen LogP contribution in [0.25, 0.3) is 0 Å². The Kier molecular flexibility index (Phi) is 5.03. The summed E-state index contributed by atoms with van der Waals surface area (Å²) in [4.78, 5) is 2.35. The molecule has 18 heavy (non-hydrogen) atoms. The van der Waals surface area contributed by atoms with Crippen LogP contribution in [-0.4, -0.2) is 30.8 Å². The first-order valence-electron chi connectivity index (χ1n) is 6.63. The van der Waals surface area contributed by atoms with E-state index in [1.54, 1.807) is 0 Å². The van der Waals surface area contributed by atoms with Crippen LogP contribution in [0.4, 0.5) is 5.69 Å². The maximum absolute atomic E-state index is 9.45. The standard InChI is InChI=1S/C14H21BrN2O/c1-2-16-9-11-8-12(15)5-6-14(11)17-7-3-4-13(17)10-18/h5-6,8,13,16,18H,2-4,7,9-10H2,1H3. The van der Waals surface area contributed by atoms with Crippen molar-refractivity contribution < 1.29 is 5.11 Å². The van der Waals surface area contributed by atoms with Crippen LogP contribution >= 0.6 is 15.9 Å². The van der Waals surface area contributed by atoms with E-state index in [2.05, 4.69) is 51.3 Å². The van der Waals surface area contributed by atoms with Gasteiger partial charge in [0.15, 0.2) is 0 Å². The SMILES string of the molecule is CCNCc1cc(Br)ccc1N1CCCC1CO. The van der Waals surface area contributed by atoms with Crippen molar-refractivity contribution in [3.05, 3.63) is 28.2 Å². The molecule has 0 aliphatic carbocycles. The molecule has 2 rings (SSSR count). The van der Waals surface area contributed by atoms with E-state index in [0.29, 0.717) is 0 Å². The Morgan fingerprint density at radius 2 is 2.33 bits per heavy atom. The summed E-state index contributed by atoms with van der Waals surface area (Å²) in [7, 11) is 0. The molecule has 0 amide bonds. The third-order valence-corrected chi connectivity index (χ3v) is 4.00. The van der Waals surface area contributed by atoms with Gasteiger partial charge in [0, 0.05) is 23.2 Å². The van der Waals surface area contributed by atoms with Gasteiger partial charge in [-0.05, 0) is 43.1 Å². The van der Waals surface area contributed by atoms with Gasteiger partial charge >= 0.3 is 0 Å². The molecule has 4 heteroatoms. The van der Waals surface area contributed by atoms with E-state index in [0.717, 1.165) is 30.5 Å². The molecular weight excluding hydrogens is 292 g/mol. The number of hydrogen-bond acceptors (Lipinski definition) is 3. The van der Waals surface area contributed by atoms with Gasteiger partial charge < -0.3 is 15.3 Å². The molecule has 1 aromatic rings. The molecule has 2 N–H and O–H groups in total. The van der Waals surface area contributed by atoms with Crippen molar-refractivity contribution in [3.8, 4) is 0 Å². The first-order chi connectivity index (χ1) is 8.76. The van der Waals surface area contributed by atoms with Crippen molar-refractivity contribution in [1.29, 1.82) is 0 Å². The van der Waals surface area contributed by atoms with Crippen molar-refractivity contribution in [3.63, 3.8) is 0 Å². The minimum atomic E-state index is 0.247. The molecule has 0 radical (unpaired) electrons. The van der Waals surface area contributed by atoms with Gasteiger partial charge in [-0.25, -0.2) is 0 Å². The van der Waals surface area contributed by atoms with E-state index in [9.17, 15) is 5.11 Å². The number of benzene rings is 1. The molecule has 100 valence electrons. The van der Waals surface area contributed by atoms with E-state index in [-0.39, 0.29) is 12.6 Å². The first kappa shape index (κ1) is 13.8. The monoisotopic (exact) mass is 312 g/mol. The van der Waals surface area contributed by atoms with Gasteiger partial charge in [-0.2, -0.15) is 0 Å². The maximum atomic E-state index is 9.45. The van der Waals surface area contributed by atoms with Crippen LogP contribution in [0.2, 0.25) is 0 Å². The number of nitrogens with zero attached hydrogens (tertiary/aromatic N) is 1. The molecule has 1 saturated heterocycles. The number of halogens is 1. The second-order valence-corrected chi connectivity index (χ2v) is 5.64. The normalized spacial score (nSPS) is 19.5. The van der Waals surface area contributed by atoms with E-state index in [1.165, 1.54) is 17.7 Å². The van der Waals surface area contributed by atoms with E-state index < -0.39 is 0 Å². The summed E-state index contributed by atoms with van der Waals surface area (Å²) in [5, 5.41) is 12.8. The number of aliphatic hydroxyl groups excluding tert-OH is 1. The molecule has 1 fully saturated rings. The highest BCUT2D eigenvalue weighted by atomic mass is 79.9. The molecule has 1 atom stereocenters. The molecule has 3 nitrogen and oxygen atoms in total. The highest BCUT2D eigenvalue weighted by molar-refractivity contribution is 9.10. The Balaban J connectivity index is 2.25. The van der Waals surface area contributed by atoms with Crippen molar-refractivity contribution in [2.75, 3.05) is 24.6 Å². The zero-order valence-corrected chi connectivity index (χ0v) is 12.4. The Labute approximate surface area is 117 Å². The van der Waals surface area contributed by atoms with Crippen molar-refractivity contribution in [2.24, 2.45) is 0 Å². The predicted molar refractivity (Wildman–Crippen MR) is 79.0 cm³/mol. The molecular formula is C14H21BrN2O. The fraction of sp³-hybridized carbons (Fsp3) is 0.571. The Morgan fingerprint density at radius 3 is 3.06 bits per heavy atom. The number of aliphatic hydroxyl groups is 1. The first-order valence-corrected chi connectivity index (χ1v) is 7.42. The number of nitrogens with one attached hydrogen (secondary N) is 1. The molecule has 0 saturated carbocycles. The van der Waals surface area contributed by atoms with E-state index in [4.69, 9.17) is 0 Å². The summed E-state index contributed by atoms with van der Waals surface area (Å²) in [5.74, 6) is 0. The third-order valence-electron chi connectivity index (χ3n) is 3.50. The summed E-state index contributed by atoms with van der Waals surface area (Å²) in [6.07, 6.45) is 2.26. The summed E-state index contributed by atoms with van der Waals surface area (Å²) in [6.45, 7) is 5.25. The van der Waals surface area contributed by atoms with Crippen molar-refractivity contribution in [1.82, 2.24) is 5.32 Å². The zero-order chi connectivity index (χ0) is 13.0. The van der Waals surface area contributed by atoms with Gasteiger partial charge in [-0.1, -0.05) is 22.9 Å². The second kappa shape index (κ2) is 6.55. The molecule has 1 aromatic carbocycles. The second-order valence-electron chi connectivity index (χ2n) is 4.73. The van der Waals surface area contributed by atoms with Gasteiger partial charge in [0.05, 0.1) is 12.6 Å². The highest BCUT2D eigenvalue weighted by Crippen LogP contribution is 2.30. The van der Waals surface area contributed by atoms with Gasteiger partial charge in [0.1, 0.15) is 0 Å². The third kappa shape index (κ3) is 3.05. The lowest BCUT2D eigenvalue weighted by atomic mass is 10.1. The van der Waals surface area contributed by atoms with Gasteiger partial charge in [-0.3, -0.25) is 0 Å². The fourth-order valence-electron chi connectivity index (χ4n) is 2.58. The lowest BCUT2D eigenvalue weighted by Crippen LogP contribution is -2.33. The van der Waals surface area contributed by atoms with Crippen molar-refractivity contribution in [2.45, 2.75) is 32.4 Å². The molecule has 1 aliphatic rings. The van der Waals surface area contributed by atoms with Gasteiger partial charge in [0.2, 0.25) is 0 Å². The van der Waals surface area contributed by atoms with Gasteiger partial charge in [0.25, 0.3) is 0 Å². The largest absolute Gasteiger partial charge is 0.394 e. The quantitative estimate of drug-likeness (QED) is 0.877. The molecule has 1 aliphatic heterocycles. The lowest BCUT2D eigenvalue weighted by Gasteiger charge is -2.28. The number of anilines is 1. The number of hydrogen-bond donors (Lipinski definition) is 2. The highest BCUT2D eigenvalue weighted by Gasteiger charge is 2.25. The summed E-state index contributed by atoms with van der Waals surface area (Å²) < 4.78 is 1.11. The predicted octanol–water partition coefficient (Wildman–Crippen LogP) is 2.52. The minimum Gasteiger partial charge on any atom is -0.394 e. The summed E-state index contributed by atoms with van der Waals surface area (Å²) >= 11 is 3.53. The van der Waals surface area contributed by atoms with Crippen LogP contribution < -0.4 is 10.2 Å². The Bertz CT molecular complexity index is 397. The lowest BCUT2D eigenvalue weighted by molar-refractivity contribution is 0.266. The minimum absolute atomic E-state index is 0.247. The Morgan fingerprint density at radius 1 is 1.50 bits per heavy atom. The van der Waals surface area contributed by atoms with Crippen molar-refractivity contribution >= 4 is 21.6 Å². The van der Waals surface area contributed by atoms with Gasteiger partial charge in [-0.15, -0.1) is 0 Å². The average Bonchev–Trinajstić information content (AvgIpc) is 2.84. The van der Waals surface area contributed by atoms with Crippen LogP contribution in [0, 0.1) is 0 Å². The summed E-state index contributed by atoms with van der Waals surface area (Å²) in [6, 6.07) is 6.69. The van der Waals surface area contributed by atoms with Crippen LogP contribution in [0.1, 0.15) is 25.3 Å². The maximum Gasteiger partial charge on any atom is 0.0635 e. The topological polar surface area (TPSA) is 35.5 Å².